The number of hydrogen-bond acceptors (Lipinski definition) is 6. The van der Waals surface area contributed by atoms with E-state index in [4.69, 9.17) is 9.47 Å². The Balaban J connectivity index is 1.59. The summed E-state index contributed by atoms with van der Waals surface area (Å²) < 4.78 is 81.1. The third kappa shape index (κ3) is 5.68. The maximum Gasteiger partial charge on any atom is 0.416 e. The fourth-order valence-electron chi connectivity index (χ4n) is 5.82. The molecule has 0 radical (unpaired) electrons. The summed E-state index contributed by atoms with van der Waals surface area (Å²) in [6.45, 7) is 3.43. The number of fused-ring (bicyclic) bond motifs is 1. The number of halogens is 5. The number of aliphatic hydroxyl groups excluding tert-OH is 1. The number of nitrogens with zero attached hydrogens (tertiary/aromatic N) is 2. The van der Waals surface area contributed by atoms with Gasteiger partial charge in [0.25, 0.3) is 11.8 Å². The molecule has 8 nitrogen and oxygen atoms in total. The smallest absolute Gasteiger partial charge is 0.416 e. The number of amides is 2. The molecular formula is C32H30F5N3O5. The fourth-order valence-corrected chi connectivity index (χ4v) is 5.82. The van der Waals surface area contributed by atoms with Gasteiger partial charge in [-0.3, -0.25) is 14.6 Å². The number of aliphatic hydroxyl groups is 1. The Morgan fingerprint density at radius 1 is 1.09 bits per heavy atom. The van der Waals surface area contributed by atoms with Gasteiger partial charge in [0.15, 0.2) is 23.1 Å². The average molecular weight is 632 g/mol. The zero-order chi connectivity index (χ0) is 32.7. The molecule has 0 aromatic heterocycles. The van der Waals surface area contributed by atoms with E-state index in [1.54, 1.807) is 26.0 Å². The minimum Gasteiger partial charge on any atom is -0.509 e. The molecule has 1 unspecified atom stereocenters. The fraction of sp³-hybridized carbons (Fsp3) is 0.312. The van der Waals surface area contributed by atoms with Crippen molar-refractivity contribution in [3.8, 4) is 22.6 Å². The van der Waals surface area contributed by atoms with Crippen LogP contribution in [0.4, 0.5) is 27.6 Å². The highest BCUT2D eigenvalue weighted by Crippen LogP contribution is 2.45. The van der Waals surface area contributed by atoms with Gasteiger partial charge in [-0.15, -0.1) is 0 Å². The molecule has 2 amide bonds. The van der Waals surface area contributed by atoms with Crippen molar-refractivity contribution in [1.82, 2.24) is 10.0 Å². The lowest BCUT2D eigenvalue weighted by Crippen LogP contribution is -2.60. The Morgan fingerprint density at radius 3 is 2.51 bits per heavy atom. The molecule has 1 fully saturated rings. The molecule has 2 aliphatic rings. The van der Waals surface area contributed by atoms with Crippen LogP contribution in [-0.4, -0.2) is 52.7 Å². The van der Waals surface area contributed by atoms with Crippen molar-refractivity contribution in [2.45, 2.75) is 44.9 Å². The Kier molecular flexibility index (Phi) is 8.49. The van der Waals surface area contributed by atoms with Crippen molar-refractivity contribution >= 4 is 17.5 Å². The second-order valence-corrected chi connectivity index (χ2v) is 10.8. The van der Waals surface area contributed by atoms with Crippen molar-refractivity contribution in [2.24, 2.45) is 0 Å². The molecular weight excluding hydrogens is 601 g/mol. The Hall–Kier alpha value is -4.65. The van der Waals surface area contributed by atoms with Crippen LogP contribution >= 0.6 is 0 Å². The molecule has 1 saturated heterocycles. The van der Waals surface area contributed by atoms with Gasteiger partial charge in [0.05, 0.1) is 31.4 Å². The molecule has 0 spiro atoms. The van der Waals surface area contributed by atoms with Crippen molar-refractivity contribution < 1.29 is 46.1 Å². The zero-order valence-corrected chi connectivity index (χ0v) is 24.6. The molecule has 1 atom stereocenters. The third-order valence-corrected chi connectivity index (χ3v) is 8.04. The van der Waals surface area contributed by atoms with E-state index in [9.17, 15) is 36.6 Å². The number of rotatable bonds is 8. The molecule has 13 heteroatoms. The number of nitrogens with one attached hydrogen (secondary N) is 1. The van der Waals surface area contributed by atoms with Crippen LogP contribution < -0.4 is 14.8 Å². The second kappa shape index (κ2) is 12.0. The minimum absolute atomic E-state index is 0.0904. The van der Waals surface area contributed by atoms with Crippen LogP contribution in [0.25, 0.3) is 11.1 Å². The van der Waals surface area contributed by atoms with Crippen LogP contribution in [0.3, 0.4) is 0 Å². The zero-order valence-electron chi connectivity index (χ0n) is 24.6. The van der Waals surface area contributed by atoms with Gasteiger partial charge in [-0.1, -0.05) is 24.3 Å². The minimum atomic E-state index is -4.73. The van der Waals surface area contributed by atoms with Crippen LogP contribution in [0.1, 0.15) is 37.8 Å². The van der Waals surface area contributed by atoms with E-state index in [1.165, 1.54) is 30.3 Å². The number of hydrogen-bond donors (Lipinski definition) is 2. The lowest BCUT2D eigenvalue weighted by Gasteiger charge is -2.46. The van der Waals surface area contributed by atoms with Crippen LogP contribution in [0.5, 0.6) is 11.5 Å². The molecule has 0 aliphatic carbocycles. The van der Waals surface area contributed by atoms with E-state index >= 15 is 0 Å². The number of carbonyl (C=O) groups is 2. The van der Waals surface area contributed by atoms with E-state index in [0.717, 1.165) is 29.3 Å². The highest BCUT2D eigenvalue weighted by Gasteiger charge is 2.52. The van der Waals surface area contributed by atoms with Gasteiger partial charge in [0.2, 0.25) is 0 Å². The van der Waals surface area contributed by atoms with Gasteiger partial charge in [0.1, 0.15) is 11.3 Å². The Bertz CT molecular complexity index is 1690. The molecule has 5 rings (SSSR count). The van der Waals surface area contributed by atoms with E-state index in [0.29, 0.717) is 12.8 Å². The highest BCUT2D eigenvalue weighted by molar-refractivity contribution is 6.24. The first-order valence-corrected chi connectivity index (χ1v) is 14.1. The van der Waals surface area contributed by atoms with E-state index in [-0.39, 0.29) is 47.0 Å². The van der Waals surface area contributed by atoms with Crippen molar-refractivity contribution in [3.05, 3.63) is 88.7 Å². The second-order valence-electron chi connectivity index (χ2n) is 10.8. The predicted molar refractivity (Wildman–Crippen MR) is 154 cm³/mol. The third-order valence-electron chi connectivity index (χ3n) is 8.04. The number of para-hydroxylation sites is 1. The van der Waals surface area contributed by atoms with Gasteiger partial charge in [-0.05, 0) is 57.0 Å². The largest absolute Gasteiger partial charge is 0.509 e. The molecule has 0 saturated carbocycles. The average Bonchev–Trinajstić information content (AvgIpc) is 3.40. The molecule has 238 valence electrons. The number of anilines is 1. The number of ether oxygens (including phenoxy) is 2. The van der Waals surface area contributed by atoms with Gasteiger partial charge < -0.3 is 19.9 Å². The summed E-state index contributed by atoms with van der Waals surface area (Å²) in [6, 6.07) is 10.8. The van der Waals surface area contributed by atoms with Crippen LogP contribution in [0, 0.1) is 11.6 Å². The molecule has 2 aliphatic heterocycles. The number of hydrazine groups is 1. The van der Waals surface area contributed by atoms with Crippen LogP contribution in [-0.2, 0) is 22.3 Å². The van der Waals surface area contributed by atoms with Gasteiger partial charge in [-0.25, -0.2) is 13.8 Å². The summed E-state index contributed by atoms with van der Waals surface area (Å²) in [5, 5.41) is 16.4. The number of carbonyl (C=O) groups excluding carboxylic acids is 2. The first kappa shape index (κ1) is 31.8. The number of methoxy groups -OCH3 is 1. The molecule has 45 heavy (non-hydrogen) atoms. The first-order chi connectivity index (χ1) is 21.3. The molecule has 3 aromatic carbocycles. The van der Waals surface area contributed by atoms with Gasteiger partial charge >= 0.3 is 6.18 Å². The summed E-state index contributed by atoms with van der Waals surface area (Å²) in [5.41, 5.74) is -3.11. The molecule has 0 bridgehead atoms. The summed E-state index contributed by atoms with van der Waals surface area (Å²) in [5.74, 6) is -4.53. The maximum absolute atomic E-state index is 14.6. The topological polar surface area (TPSA) is 91.3 Å². The SMILES string of the molecule is CCOc1cccc(-c2cc(C(F)(F)F)ccc2NC(=O)C2=C(O)C3(C)CCCN3N(Cc3cccc(F)c3F)C2=O)c1OC. The molecule has 2 N–H and O–H groups in total. The van der Waals surface area contributed by atoms with E-state index in [1.807, 2.05) is 0 Å². The maximum atomic E-state index is 14.6. The quantitative estimate of drug-likeness (QED) is 0.215. The number of alkyl halides is 3. The van der Waals surface area contributed by atoms with E-state index in [2.05, 4.69) is 5.32 Å². The summed E-state index contributed by atoms with van der Waals surface area (Å²) in [6.07, 6.45) is -3.88. The van der Waals surface area contributed by atoms with Gasteiger partial charge in [-0.2, -0.15) is 13.2 Å². The summed E-state index contributed by atoms with van der Waals surface area (Å²) >= 11 is 0. The lowest BCUT2D eigenvalue weighted by atomic mass is 9.90. The van der Waals surface area contributed by atoms with Gasteiger partial charge in [0, 0.05) is 28.9 Å². The highest BCUT2D eigenvalue weighted by atomic mass is 19.4. The molecule has 2 heterocycles. The Morgan fingerprint density at radius 2 is 1.82 bits per heavy atom. The predicted octanol–water partition coefficient (Wildman–Crippen LogP) is 6.62. The van der Waals surface area contributed by atoms with Crippen LogP contribution in [0.15, 0.2) is 65.9 Å². The lowest BCUT2D eigenvalue weighted by molar-refractivity contribution is -0.160. The number of benzene rings is 3. The van der Waals surface area contributed by atoms with Crippen molar-refractivity contribution in [3.63, 3.8) is 0 Å². The normalized spacial score (nSPS) is 18.7. The van der Waals surface area contributed by atoms with Crippen molar-refractivity contribution in [1.29, 1.82) is 0 Å². The first-order valence-electron chi connectivity index (χ1n) is 14.1. The summed E-state index contributed by atoms with van der Waals surface area (Å²) in [7, 11) is 1.32. The summed E-state index contributed by atoms with van der Waals surface area (Å²) in [4.78, 5) is 27.6. The van der Waals surface area contributed by atoms with Crippen molar-refractivity contribution in [2.75, 3.05) is 25.6 Å². The Labute approximate surface area is 255 Å². The molecule has 3 aromatic rings. The van der Waals surface area contributed by atoms with E-state index < -0.39 is 58.6 Å². The standard InChI is InChI=1S/C32H30F5N3O5/c1-4-45-24-11-6-9-20(27(24)44-3)21-16-19(32(35,36)37)12-13-23(21)38-29(42)25-28(41)31(2)14-7-15-40(31)39(30(25)43)17-18-8-5-10-22(33)26(18)34/h5-6,8-13,16,41H,4,7,14-15,17H2,1-3H3,(H,38,42). The van der Waals surface area contributed by atoms with Crippen LogP contribution in [0.2, 0.25) is 0 Å². The monoisotopic (exact) mass is 631 g/mol.